The minimum absolute atomic E-state index is 0. The number of hydrogen-bond donors (Lipinski definition) is 1. The molecule has 0 aliphatic rings. The molecular formula is C20H33IN6. The Morgan fingerprint density at radius 3 is 2.56 bits per heavy atom. The number of aliphatic imine (C=N–C) groups is 1. The van der Waals surface area contributed by atoms with E-state index in [1.165, 1.54) is 6.42 Å². The summed E-state index contributed by atoms with van der Waals surface area (Å²) in [6.45, 7) is 9.35. The van der Waals surface area contributed by atoms with Gasteiger partial charge in [-0.05, 0) is 31.6 Å². The zero-order chi connectivity index (χ0) is 18.8. The molecule has 6 nitrogen and oxygen atoms in total. The second-order valence-corrected chi connectivity index (χ2v) is 6.39. The summed E-state index contributed by atoms with van der Waals surface area (Å²) >= 11 is 0. The van der Waals surface area contributed by atoms with Crippen molar-refractivity contribution in [2.45, 2.75) is 26.8 Å². The first-order chi connectivity index (χ1) is 12.7. The van der Waals surface area contributed by atoms with E-state index in [1.54, 1.807) is 0 Å². The number of benzene rings is 1. The number of halogens is 1. The molecule has 1 heterocycles. The Morgan fingerprint density at radius 1 is 1.19 bits per heavy atom. The van der Waals surface area contributed by atoms with Crippen LogP contribution in [0.5, 0.6) is 0 Å². The first kappa shape index (κ1) is 23.4. The third-order valence-corrected chi connectivity index (χ3v) is 4.35. The van der Waals surface area contributed by atoms with Crippen molar-refractivity contribution in [3.63, 3.8) is 0 Å². The largest absolute Gasteiger partial charge is 0.355 e. The molecule has 0 aliphatic carbocycles. The van der Waals surface area contributed by atoms with Gasteiger partial charge in [0, 0.05) is 45.5 Å². The Labute approximate surface area is 180 Å². The predicted molar refractivity (Wildman–Crippen MR) is 124 cm³/mol. The van der Waals surface area contributed by atoms with Crippen LogP contribution in [0, 0.1) is 0 Å². The second-order valence-electron chi connectivity index (χ2n) is 6.39. The molecular weight excluding hydrogens is 451 g/mol. The fourth-order valence-electron chi connectivity index (χ4n) is 2.97. The van der Waals surface area contributed by atoms with Crippen LogP contribution in [0.15, 0.2) is 47.7 Å². The molecule has 0 fully saturated rings. The summed E-state index contributed by atoms with van der Waals surface area (Å²) in [4.78, 5) is 8.98. The van der Waals surface area contributed by atoms with Crippen molar-refractivity contribution < 1.29 is 0 Å². The monoisotopic (exact) mass is 484 g/mol. The first-order valence-electron chi connectivity index (χ1n) is 9.41. The highest BCUT2D eigenvalue weighted by atomic mass is 127. The van der Waals surface area contributed by atoms with E-state index in [0.717, 1.165) is 49.9 Å². The lowest BCUT2D eigenvalue weighted by molar-refractivity contribution is 0.291. The average Bonchev–Trinajstić information content (AvgIpc) is 3.13. The van der Waals surface area contributed by atoms with Gasteiger partial charge in [-0.25, -0.2) is 4.68 Å². The maximum Gasteiger partial charge on any atom is 0.193 e. The molecule has 0 spiro atoms. The van der Waals surface area contributed by atoms with Gasteiger partial charge in [-0.15, -0.1) is 24.0 Å². The highest BCUT2D eigenvalue weighted by Crippen LogP contribution is 2.09. The van der Waals surface area contributed by atoms with E-state index in [9.17, 15) is 0 Å². The molecule has 2 rings (SSSR count). The summed E-state index contributed by atoms with van der Waals surface area (Å²) in [5.41, 5.74) is 2.22. The molecule has 150 valence electrons. The molecule has 2 aromatic rings. The summed E-state index contributed by atoms with van der Waals surface area (Å²) < 4.78 is 1.91. The van der Waals surface area contributed by atoms with Crippen LogP contribution in [0.1, 0.15) is 25.8 Å². The highest BCUT2D eigenvalue weighted by Gasteiger charge is 2.09. The summed E-state index contributed by atoms with van der Waals surface area (Å²) in [5.74, 6) is 0.907. The number of nitrogens with zero attached hydrogens (tertiary/aromatic N) is 5. The van der Waals surface area contributed by atoms with Gasteiger partial charge in [0.1, 0.15) is 0 Å². The normalized spacial score (nSPS) is 11.4. The Morgan fingerprint density at radius 2 is 1.93 bits per heavy atom. The van der Waals surface area contributed by atoms with Gasteiger partial charge in [-0.1, -0.05) is 32.0 Å². The topological polar surface area (TPSA) is 48.7 Å². The first-order valence-corrected chi connectivity index (χ1v) is 9.41. The van der Waals surface area contributed by atoms with Crippen LogP contribution in [-0.2, 0) is 6.54 Å². The van der Waals surface area contributed by atoms with E-state index in [-0.39, 0.29) is 24.0 Å². The fourth-order valence-corrected chi connectivity index (χ4v) is 2.97. The number of para-hydroxylation sites is 1. The Balaban J connectivity index is 0.00000364. The fraction of sp³-hybridized carbons (Fsp3) is 0.500. The third-order valence-electron chi connectivity index (χ3n) is 4.35. The molecule has 1 aromatic carbocycles. The van der Waals surface area contributed by atoms with Gasteiger partial charge in [0.05, 0.1) is 11.9 Å². The molecule has 0 saturated heterocycles. The van der Waals surface area contributed by atoms with E-state index in [4.69, 9.17) is 0 Å². The lowest BCUT2D eigenvalue weighted by atomic mass is 10.3. The van der Waals surface area contributed by atoms with E-state index < -0.39 is 0 Å². The summed E-state index contributed by atoms with van der Waals surface area (Å²) in [6, 6.07) is 10.2. The number of nitrogens with one attached hydrogen (secondary N) is 1. The van der Waals surface area contributed by atoms with E-state index in [1.807, 2.05) is 36.1 Å². The lowest BCUT2D eigenvalue weighted by Crippen LogP contribution is -2.42. The van der Waals surface area contributed by atoms with Crippen LogP contribution in [0.3, 0.4) is 0 Å². The standard InChI is InChI=1S/C20H32N6.HI/c1-5-13-25(6-2)14-12-22-20(21-3)24(4)16-18-15-23-26(17-18)19-10-8-7-9-11-19;/h7-11,15,17H,5-6,12-14,16H2,1-4H3,(H,21,22);1H. The van der Waals surface area contributed by atoms with Crippen LogP contribution < -0.4 is 5.32 Å². The molecule has 0 amide bonds. The number of rotatable bonds is 9. The van der Waals surface area contributed by atoms with Crippen molar-refractivity contribution in [2.24, 2.45) is 4.99 Å². The van der Waals surface area contributed by atoms with Crippen LogP contribution in [0.2, 0.25) is 0 Å². The van der Waals surface area contributed by atoms with E-state index >= 15 is 0 Å². The molecule has 0 saturated carbocycles. The molecule has 0 unspecified atom stereocenters. The smallest absolute Gasteiger partial charge is 0.193 e. The van der Waals surface area contributed by atoms with Crippen molar-refractivity contribution >= 4 is 29.9 Å². The second kappa shape index (κ2) is 12.7. The quantitative estimate of drug-likeness (QED) is 0.338. The molecule has 1 N–H and O–H groups in total. The number of guanidine groups is 1. The van der Waals surface area contributed by atoms with Crippen LogP contribution in [0.4, 0.5) is 0 Å². The third kappa shape index (κ3) is 7.50. The maximum absolute atomic E-state index is 4.46. The minimum Gasteiger partial charge on any atom is -0.355 e. The molecule has 0 atom stereocenters. The summed E-state index contributed by atoms with van der Waals surface area (Å²) in [5, 5.41) is 7.92. The SMILES string of the molecule is CCCN(CC)CCNC(=NC)N(C)Cc1cnn(-c2ccccc2)c1.I. The van der Waals surface area contributed by atoms with Gasteiger partial charge in [0.25, 0.3) is 0 Å². The molecule has 0 radical (unpaired) electrons. The van der Waals surface area contributed by atoms with Crippen LogP contribution in [-0.4, -0.2) is 65.8 Å². The zero-order valence-electron chi connectivity index (χ0n) is 16.9. The molecule has 1 aromatic heterocycles. The zero-order valence-corrected chi connectivity index (χ0v) is 19.3. The Hall–Kier alpha value is -1.61. The van der Waals surface area contributed by atoms with E-state index in [2.05, 4.69) is 64.4 Å². The van der Waals surface area contributed by atoms with Crippen molar-refractivity contribution in [2.75, 3.05) is 40.3 Å². The molecule has 7 heteroatoms. The van der Waals surface area contributed by atoms with Gasteiger partial charge < -0.3 is 15.1 Å². The van der Waals surface area contributed by atoms with Gasteiger partial charge in [-0.2, -0.15) is 5.10 Å². The Kier molecular flexibility index (Phi) is 11.0. The highest BCUT2D eigenvalue weighted by molar-refractivity contribution is 14.0. The van der Waals surface area contributed by atoms with Gasteiger partial charge in [0.2, 0.25) is 0 Å². The predicted octanol–water partition coefficient (Wildman–Crippen LogP) is 3.23. The van der Waals surface area contributed by atoms with Crippen molar-refractivity contribution in [1.29, 1.82) is 0 Å². The van der Waals surface area contributed by atoms with Gasteiger partial charge in [0.15, 0.2) is 5.96 Å². The minimum atomic E-state index is 0. The molecule has 0 aliphatic heterocycles. The molecule has 0 bridgehead atoms. The Bertz CT molecular complexity index is 670. The van der Waals surface area contributed by atoms with Gasteiger partial charge >= 0.3 is 0 Å². The number of aromatic nitrogens is 2. The van der Waals surface area contributed by atoms with Crippen molar-refractivity contribution in [3.05, 3.63) is 48.3 Å². The van der Waals surface area contributed by atoms with Crippen molar-refractivity contribution in [3.8, 4) is 5.69 Å². The van der Waals surface area contributed by atoms with Crippen LogP contribution >= 0.6 is 24.0 Å². The summed E-state index contributed by atoms with van der Waals surface area (Å²) in [6.07, 6.45) is 5.17. The van der Waals surface area contributed by atoms with E-state index in [0.29, 0.717) is 0 Å². The lowest BCUT2D eigenvalue weighted by Gasteiger charge is -2.24. The van der Waals surface area contributed by atoms with Gasteiger partial charge in [-0.3, -0.25) is 4.99 Å². The number of hydrogen-bond acceptors (Lipinski definition) is 3. The number of likely N-dealkylation sites (N-methyl/N-ethyl adjacent to an activating group) is 1. The summed E-state index contributed by atoms with van der Waals surface area (Å²) in [7, 11) is 3.88. The van der Waals surface area contributed by atoms with Crippen molar-refractivity contribution in [1.82, 2.24) is 24.9 Å². The molecule has 27 heavy (non-hydrogen) atoms. The van der Waals surface area contributed by atoms with Crippen LogP contribution in [0.25, 0.3) is 5.69 Å². The maximum atomic E-state index is 4.46. The average molecular weight is 484 g/mol.